The molecule has 0 bridgehead atoms. The van der Waals surface area contributed by atoms with Crippen LogP contribution in [-0.2, 0) is 6.54 Å². The Labute approximate surface area is 152 Å². The standard InChI is InChI=1S/C21H16ClN3/c1-4-16-7-5-6-8-19(16)13-25-15(3)21(14(2)24-25)17-9-10-18(12-23)20(22)11-17/h1,5-11H,13H2,2-3H3. The Bertz CT molecular complexity index is 1030. The third kappa shape index (κ3) is 3.15. The van der Waals surface area contributed by atoms with Gasteiger partial charge in [0.05, 0.1) is 22.8 Å². The lowest BCUT2D eigenvalue weighted by atomic mass is 10.0. The molecule has 2 aromatic carbocycles. The number of hydrogen-bond acceptors (Lipinski definition) is 2. The van der Waals surface area contributed by atoms with Gasteiger partial charge in [-0.25, -0.2) is 0 Å². The van der Waals surface area contributed by atoms with Crippen LogP contribution < -0.4 is 0 Å². The molecule has 0 atom stereocenters. The van der Waals surface area contributed by atoms with Crippen LogP contribution in [0.1, 0.15) is 28.1 Å². The molecule has 0 spiro atoms. The minimum atomic E-state index is 0.448. The van der Waals surface area contributed by atoms with Gasteiger partial charge in [0.2, 0.25) is 0 Å². The van der Waals surface area contributed by atoms with Crippen LogP contribution >= 0.6 is 11.6 Å². The minimum absolute atomic E-state index is 0.448. The van der Waals surface area contributed by atoms with Crippen LogP contribution in [0.5, 0.6) is 0 Å². The number of rotatable bonds is 3. The van der Waals surface area contributed by atoms with Crippen molar-refractivity contribution in [3.05, 3.63) is 75.6 Å². The van der Waals surface area contributed by atoms with Crippen LogP contribution in [0.2, 0.25) is 5.02 Å². The number of hydrogen-bond donors (Lipinski definition) is 0. The number of aromatic nitrogens is 2. The molecule has 0 N–H and O–H groups in total. The summed E-state index contributed by atoms with van der Waals surface area (Å²) in [5.74, 6) is 2.72. The summed E-state index contributed by atoms with van der Waals surface area (Å²) in [5, 5.41) is 14.2. The van der Waals surface area contributed by atoms with E-state index in [1.54, 1.807) is 6.07 Å². The lowest BCUT2D eigenvalue weighted by Gasteiger charge is -2.08. The van der Waals surface area contributed by atoms with E-state index in [-0.39, 0.29) is 0 Å². The summed E-state index contributed by atoms with van der Waals surface area (Å²) in [7, 11) is 0. The maximum atomic E-state index is 9.04. The highest BCUT2D eigenvalue weighted by Gasteiger charge is 2.15. The molecule has 0 fully saturated rings. The Hall–Kier alpha value is -3.01. The molecule has 0 aliphatic rings. The van der Waals surface area contributed by atoms with E-state index in [1.807, 2.05) is 54.9 Å². The molecule has 0 amide bonds. The van der Waals surface area contributed by atoms with Gasteiger partial charge >= 0.3 is 0 Å². The van der Waals surface area contributed by atoms with E-state index in [0.717, 1.165) is 33.6 Å². The SMILES string of the molecule is C#Cc1ccccc1Cn1nc(C)c(-c2ccc(C#N)c(Cl)c2)c1C. The van der Waals surface area contributed by atoms with Gasteiger partial charge in [-0.3, -0.25) is 4.68 Å². The highest BCUT2D eigenvalue weighted by Crippen LogP contribution is 2.30. The van der Waals surface area contributed by atoms with Crippen molar-refractivity contribution in [2.45, 2.75) is 20.4 Å². The lowest BCUT2D eigenvalue weighted by molar-refractivity contribution is 0.658. The second kappa shape index (κ2) is 6.85. The molecule has 0 unspecified atom stereocenters. The molecule has 4 heteroatoms. The highest BCUT2D eigenvalue weighted by atomic mass is 35.5. The molecule has 122 valence electrons. The van der Waals surface area contributed by atoms with E-state index in [2.05, 4.69) is 17.1 Å². The van der Waals surface area contributed by atoms with Crippen LogP contribution in [0.15, 0.2) is 42.5 Å². The normalized spacial score (nSPS) is 10.3. The minimum Gasteiger partial charge on any atom is -0.264 e. The second-order valence-corrected chi connectivity index (χ2v) is 6.22. The first-order chi connectivity index (χ1) is 12.0. The number of benzene rings is 2. The molecular formula is C21H16ClN3. The fourth-order valence-electron chi connectivity index (χ4n) is 2.99. The Morgan fingerprint density at radius 1 is 1.16 bits per heavy atom. The molecule has 0 saturated heterocycles. The highest BCUT2D eigenvalue weighted by molar-refractivity contribution is 6.32. The Morgan fingerprint density at radius 3 is 2.60 bits per heavy atom. The van der Waals surface area contributed by atoms with E-state index < -0.39 is 0 Å². The summed E-state index contributed by atoms with van der Waals surface area (Å²) in [6.07, 6.45) is 5.59. The van der Waals surface area contributed by atoms with Crippen LogP contribution in [0.4, 0.5) is 0 Å². The van der Waals surface area contributed by atoms with Gasteiger partial charge < -0.3 is 0 Å². The molecule has 1 heterocycles. The van der Waals surface area contributed by atoms with Gasteiger partial charge in [-0.1, -0.05) is 41.8 Å². The van der Waals surface area contributed by atoms with Crippen molar-refractivity contribution < 1.29 is 0 Å². The van der Waals surface area contributed by atoms with Crippen LogP contribution in [-0.4, -0.2) is 9.78 Å². The van der Waals surface area contributed by atoms with Gasteiger partial charge in [0.15, 0.2) is 0 Å². The van der Waals surface area contributed by atoms with Crippen molar-refractivity contribution >= 4 is 11.6 Å². The molecule has 3 rings (SSSR count). The van der Waals surface area contributed by atoms with Crippen LogP contribution in [0, 0.1) is 37.5 Å². The fraction of sp³-hybridized carbons (Fsp3) is 0.143. The van der Waals surface area contributed by atoms with Gasteiger partial charge in [0, 0.05) is 16.8 Å². The molecule has 0 aliphatic carbocycles. The fourth-order valence-corrected chi connectivity index (χ4v) is 3.21. The second-order valence-electron chi connectivity index (χ2n) is 5.81. The van der Waals surface area contributed by atoms with Gasteiger partial charge in [0.1, 0.15) is 6.07 Å². The van der Waals surface area contributed by atoms with Crippen LogP contribution in [0.25, 0.3) is 11.1 Å². The molecular weight excluding hydrogens is 330 g/mol. The molecule has 0 aliphatic heterocycles. The topological polar surface area (TPSA) is 41.6 Å². The average molecular weight is 346 g/mol. The zero-order chi connectivity index (χ0) is 18.0. The molecule has 3 aromatic rings. The predicted octanol–water partition coefficient (Wildman–Crippen LogP) is 4.72. The zero-order valence-electron chi connectivity index (χ0n) is 14.0. The predicted molar refractivity (Wildman–Crippen MR) is 100 cm³/mol. The Kier molecular flexibility index (Phi) is 4.61. The van der Waals surface area contributed by atoms with E-state index in [1.165, 1.54) is 0 Å². The first kappa shape index (κ1) is 16.8. The quantitative estimate of drug-likeness (QED) is 0.644. The molecule has 0 radical (unpaired) electrons. The van der Waals surface area contributed by atoms with E-state index in [4.69, 9.17) is 23.3 Å². The molecule has 1 aromatic heterocycles. The lowest BCUT2D eigenvalue weighted by Crippen LogP contribution is -2.05. The average Bonchev–Trinajstić information content (AvgIpc) is 2.89. The number of aryl methyl sites for hydroxylation is 1. The summed E-state index contributed by atoms with van der Waals surface area (Å²) in [5.41, 5.74) is 6.33. The summed E-state index contributed by atoms with van der Waals surface area (Å²) in [4.78, 5) is 0. The van der Waals surface area contributed by atoms with Crippen molar-refractivity contribution in [2.24, 2.45) is 0 Å². The molecule has 25 heavy (non-hydrogen) atoms. The van der Waals surface area contributed by atoms with Crippen molar-refractivity contribution in [3.63, 3.8) is 0 Å². The number of nitriles is 1. The summed E-state index contributed by atoms with van der Waals surface area (Å²) >= 11 is 6.19. The van der Waals surface area contributed by atoms with Gasteiger partial charge in [-0.05, 0) is 43.2 Å². The molecule has 0 saturated carbocycles. The third-order valence-electron chi connectivity index (χ3n) is 4.25. The Morgan fingerprint density at radius 2 is 1.92 bits per heavy atom. The van der Waals surface area contributed by atoms with Gasteiger partial charge in [-0.2, -0.15) is 10.4 Å². The zero-order valence-corrected chi connectivity index (χ0v) is 14.8. The van der Waals surface area contributed by atoms with Gasteiger partial charge in [0.25, 0.3) is 0 Å². The number of terminal acetylenes is 1. The largest absolute Gasteiger partial charge is 0.264 e. The maximum Gasteiger partial charge on any atom is 0.101 e. The Balaban J connectivity index is 2.04. The van der Waals surface area contributed by atoms with E-state index in [9.17, 15) is 0 Å². The summed E-state index contributed by atoms with van der Waals surface area (Å²) in [6, 6.07) is 15.4. The van der Waals surface area contributed by atoms with Crippen molar-refractivity contribution in [1.29, 1.82) is 5.26 Å². The van der Waals surface area contributed by atoms with E-state index >= 15 is 0 Å². The van der Waals surface area contributed by atoms with Crippen LogP contribution in [0.3, 0.4) is 0 Å². The summed E-state index contributed by atoms with van der Waals surface area (Å²) in [6.45, 7) is 4.61. The smallest absolute Gasteiger partial charge is 0.101 e. The maximum absolute atomic E-state index is 9.04. The first-order valence-electron chi connectivity index (χ1n) is 7.83. The summed E-state index contributed by atoms with van der Waals surface area (Å²) < 4.78 is 1.95. The van der Waals surface area contributed by atoms with Crippen molar-refractivity contribution in [1.82, 2.24) is 9.78 Å². The van der Waals surface area contributed by atoms with Gasteiger partial charge in [-0.15, -0.1) is 6.42 Å². The number of nitrogens with zero attached hydrogens (tertiary/aromatic N) is 3. The number of halogens is 1. The first-order valence-corrected chi connectivity index (χ1v) is 8.21. The van der Waals surface area contributed by atoms with E-state index in [0.29, 0.717) is 17.1 Å². The van der Waals surface area contributed by atoms with Crippen molar-refractivity contribution in [2.75, 3.05) is 0 Å². The molecule has 3 nitrogen and oxygen atoms in total. The van der Waals surface area contributed by atoms with Crippen molar-refractivity contribution in [3.8, 4) is 29.5 Å². The third-order valence-corrected chi connectivity index (χ3v) is 4.57. The monoisotopic (exact) mass is 345 g/mol.